The predicted molar refractivity (Wildman–Crippen MR) is 90.8 cm³/mol. The Kier molecular flexibility index (Phi) is 4.51. The molecule has 1 unspecified atom stereocenters. The summed E-state index contributed by atoms with van der Waals surface area (Å²) in [6.07, 6.45) is 5.20. The van der Waals surface area contributed by atoms with Gasteiger partial charge in [0.25, 0.3) is 0 Å². The standard InChI is InChI=1S/C18H21N3O/c19-12-15-8-3-4-11-21(15)13-18(22)20-17-10-5-7-14-6-1-2-9-16(14)17/h1-3,5-10,15H,4,11-13,19H2,(H,20,22). The highest BCUT2D eigenvalue weighted by molar-refractivity contribution is 6.02. The van der Waals surface area contributed by atoms with Gasteiger partial charge in [-0.25, -0.2) is 0 Å². The van der Waals surface area contributed by atoms with E-state index in [-0.39, 0.29) is 11.9 Å². The van der Waals surface area contributed by atoms with Crippen molar-refractivity contribution in [1.82, 2.24) is 4.90 Å². The number of nitrogens with two attached hydrogens (primary N) is 1. The zero-order valence-corrected chi connectivity index (χ0v) is 12.5. The Morgan fingerprint density at radius 3 is 2.91 bits per heavy atom. The molecule has 0 bridgehead atoms. The lowest BCUT2D eigenvalue weighted by Gasteiger charge is -2.30. The fraction of sp³-hybridized carbons (Fsp3) is 0.278. The van der Waals surface area contributed by atoms with Crippen LogP contribution >= 0.6 is 0 Å². The molecule has 0 radical (unpaired) electrons. The lowest BCUT2D eigenvalue weighted by Crippen LogP contribution is -2.45. The summed E-state index contributed by atoms with van der Waals surface area (Å²) in [6, 6.07) is 14.2. The molecule has 114 valence electrons. The Labute approximate surface area is 130 Å². The van der Waals surface area contributed by atoms with E-state index >= 15 is 0 Å². The monoisotopic (exact) mass is 295 g/mol. The second-order valence-corrected chi connectivity index (χ2v) is 5.57. The maximum absolute atomic E-state index is 12.4. The van der Waals surface area contributed by atoms with E-state index in [1.165, 1.54) is 0 Å². The van der Waals surface area contributed by atoms with Crippen LogP contribution in [-0.4, -0.2) is 36.5 Å². The Balaban J connectivity index is 1.72. The van der Waals surface area contributed by atoms with Crippen molar-refractivity contribution < 1.29 is 4.79 Å². The van der Waals surface area contributed by atoms with Crippen molar-refractivity contribution in [2.75, 3.05) is 25.0 Å². The quantitative estimate of drug-likeness (QED) is 0.851. The number of nitrogens with zero attached hydrogens (tertiary/aromatic N) is 1. The highest BCUT2D eigenvalue weighted by atomic mass is 16.2. The van der Waals surface area contributed by atoms with E-state index in [9.17, 15) is 4.79 Å². The van der Waals surface area contributed by atoms with Crippen molar-refractivity contribution in [2.24, 2.45) is 5.73 Å². The summed E-state index contributed by atoms with van der Waals surface area (Å²) in [5.41, 5.74) is 6.63. The fourth-order valence-corrected chi connectivity index (χ4v) is 2.91. The Morgan fingerprint density at radius 1 is 1.23 bits per heavy atom. The Bertz CT molecular complexity index is 690. The average molecular weight is 295 g/mol. The first-order valence-electron chi connectivity index (χ1n) is 7.66. The van der Waals surface area contributed by atoms with Crippen LogP contribution in [0.2, 0.25) is 0 Å². The van der Waals surface area contributed by atoms with Crippen LogP contribution in [-0.2, 0) is 4.79 Å². The number of hydrogen-bond acceptors (Lipinski definition) is 3. The lowest BCUT2D eigenvalue weighted by atomic mass is 10.1. The van der Waals surface area contributed by atoms with E-state index in [1.807, 2.05) is 42.5 Å². The summed E-state index contributed by atoms with van der Waals surface area (Å²) in [5.74, 6) is 0.00473. The highest BCUT2D eigenvalue weighted by Crippen LogP contribution is 2.23. The summed E-state index contributed by atoms with van der Waals surface area (Å²) in [4.78, 5) is 14.5. The van der Waals surface area contributed by atoms with Gasteiger partial charge in [0.05, 0.1) is 6.54 Å². The molecule has 22 heavy (non-hydrogen) atoms. The van der Waals surface area contributed by atoms with Gasteiger partial charge in [0.15, 0.2) is 0 Å². The van der Waals surface area contributed by atoms with Gasteiger partial charge in [-0.3, -0.25) is 9.69 Å². The number of amides is 1. The van der Waals surface area contributed by atoms with Gasteiger partial charge < -0.3 is 11.1 Å². The first-order chi connectivity index (χ1) is 10.8. The number of hydrogen-bond donors (Lipinski definition) is 2. The smallest absolute Gasteiger partial charge is 0.238 e. The van der Waals surface area contributed by atoms with Crippen LogP contribution in [0.3, 0.4) is 0 Å². The van der Waals surface area contributed by atoms with Gasteiger partial charge in [0.2, 0.25) is 5.91 Å². The molecule has 1 aliphatic rings. The molecule has 4 nitrogen and oxygen atoms in total. The van der Waals surface area contributed by atoms with Crippen molar-refractivity contribution in [2.45, 2.75) is 12.5 Å². The maximum Gasteiger partial charge on any atom is 0.238 e. The van der Waals surface area contributed by atoms with E-state index in [2.05, 4.69) is 22.4 Å². The number of fused-ring (bicyclic) bond motifs is 1. The van der Waals surface area contributed by atoms with E-state index in [1.54, 1.807) is 0 Å². The van der Waals surface area contributed by atoms with Gasteiger partial charge in [0, 0.05) is 30.2 Å². The average Bonchev–Trinajstić information content (AvgIpc) is 2.55. The zero-order chi connectivity index (χ0) is 15.4. The summed E-state index contributed by atoms with van der Waals surface area (Å²) in [7, 11) is 0. The predicted octanol–water partition coefficient (Wildman–Crippen LogP) is 2.37. The van der Waals surface area contributed by atoms with Crippen molar-refractivity contribution >= 4 is 22.4 Å². The molecule has 0 saturated heterocycles. The van der Waals surface area contributed by atoms with E-state index < -0.39 is 0 Å². The van der Waals surface area contributed by atoms with E-state index in [4.69, 9.17) is 5.73 Å². The Morgan fingerprint density at radius 2 is 2.05 bits per heavy atom. The molecule has 2 aromatic rings. The minimum Gasteiger partial charge on any atom is -0.329 e. The third-order valence-electron chi connectivity index (χ3n) is 4.06. The van der Waals surface area contributed by atoms with Gasteiger partial charge >= 0.3 is 0 Å². The van der Waals surface area contributed by atoms with Gasteiger partial charge in [0.1, 0.15) is 0 Å². The van der Waals surface area contributed by atoms with Gasteiger partial charge in [-0.2, -0.15) is 0 Å². The largest absolute Gasteiger partial charge is 0.329 e. The molecule has 1 atom stereocenters. The number of nitrogens with one attached hydrogen (secondary N) is 1. The molecule has 1 amide bonds. The van der Waals surface area contributed by atoms with Crippen molar-refractivity contribution in [3.8, 4) is 0 Å². The first kappa shape index (κ1) is 14.8. The summed E-state index contributed by atoms with van der Waals surface area (Å²) in [6.45, 7) is 1.79. The number of carbonyl (C=O) groups excluding carboxylic acids is 1. The number of rotatable bonds is 4. The SMILES string of the molecule is NCC1C=CCCN1CC(=O)Nc1cccc2ccccc12. The number of benzene rings is 2. The highest BCUT2D eigenvalue weighted by Gasteiger charge is 2.19. The van der Waals surface area contributed by atoms with Crippen molar-refractivity contribution in [3.05, 3.63) is 54.6 Å². The molecular formula is C18H21N3O. The lowest BCUT2D eigenvalue weighted by molar-refractivity contribution is -0.117. The van der Waals surface area contributed by atoms with Gasteiger partial charge in [-0.05, 0) is 17.9 Å². The zero-order valence-electron chi connectivity index (χ0n) is 12.5. The van der Waals surface area contributed by atoms with E-state index in [0.29, 0.717) is 13.1 Å². The van der Waals surface area contributed by atoms with Crippen molar-refractivity contribution in [1.29, 1.82) is 0 Å². The molecule has 0 aromatic heterocycles. The normalized spacial score (nSPS) is 18.5. The fourth-order valence-electron chi connectivity index (χ4n) is 2.91. The molecule has 0 saturated carbocycles. The molecule has 4 heteroatoms. The van der Waals surface area contributed by atoms with Crippen LogP contribution in [0.5, 0.6) is 0 Å². The molecule has 0 fully saturated rings. The molecular weight excluding hydrogens is 274 g/mol. The van der Waals surface area contributed by atoms with Crippen LogP contribution in [0.15, 0.2) is 54.6 Å². The van der Waals surface area contributed by atoms with Gasteiger partial charge in [-0.15, -0.1) is 0 Å². The molecule has 2 aromatic carbocycles. The summed E-state index contributed by atoms with van der Waals surface area (Å²) < 4.78 is 0. The van der Waals surface area contributed by atoms with Crippen LogP contribution in [0.1, 0.15) is 6.42 Å². The topological polar surface area (TPSA) is 58.4 Å². The Hall–Kier alpha value is -2.17. The second-order valence-electron chi connectivity index (χ2n) is 5.57. The first-order valence-corrected chi connectivity index (χ1v) is 7.66. The molecule has 1 aliphatic heterocycles. The summed E-state index contributed by atoms with van der Waals surface area (Å²) >= 11 is 0. The molecule has 3 N–H and O–H groups in total. The van der Waals surface area contributed by atoms with Crippen molar-refractivity contribution in [3.63, 3.8) is 0 Å². The van der Waals surface area contributed by atoms with Crippen LogP contribution < -0.4 is 11.1 Å². The van der Waals surface area contributed by atoms with Gasteiger partial charge in [-0.1, -0.05) is 48.6 Å². The molecule has 0 spiro atoms. The molecule has 0 aliphatic carbocycles. The van der Waals surface area contributed by atoms with Crippen LogP contribution in [0.4, 0.5) is 5.69 Å². The maximum atomic E-state index is 12.4. The third kappa shape index (κ3) is 3.18. The number of carbonyl (C=O) groups is 1. The second kappa shape index (κ2) is 6.73. The minimum absolute atomic E-state index is 0.00473. The molecule has 1 heterocycles. The van der Waals surface area contributed by atoms with Crippen LogP contribution in [0, 0.1) is 0 Å². The minimum atomic E-state index is 0.00473. The van der Waals surface area contributed by atoms with Crippen LogP contribution in [0.25, 0.3) is 10.8 Å². The van der Waals surface area contributed by atoms with E-state index in [0.717, 1.165) is 29.4 Å². The molecule has 3 rings (SSSR count). The number of anilines is 1. The third-order valence-corrected chi connectivity index (χ3v) is 4.06. The summed E-state index contributed by atoms with van der Waals surface area (Å²) in [5, 5.41) is 5.22.